The van der Waals surface area contributed by atoms with Gasteiger partial charge < -0.3 is 14.8 Å². The highest BCUT2D eigenvalue weighted by molar-refractivity contribution is 5.84. The van der Waals surface area contributed by atoms with Crippen LogP contribution in [0.4, 0.5) is 0 Å². The van der Waals surface area contributed by atoms with Crippen molar-refractivity contribution in [3.8, 4) is 5.75 Å². The molecule has 1 saturated heterocycles. The molecule has 0 bridgehead atoms. The highest BCUT2D eigenvalue weighted by atomic mass is 16.6. The fourth-order valence-electron chi connectivity index (χ4n) is 3.81. The lowest BCUT2D eigenvalue weighted by atomic mass is 9.89. The maximum atomic E-state index is 12.6. The number of nitrogens with one attached hydrogen (secondary N) is 1. The molecule has 130 valence electrons. The van der Waals surface area contributed by atoms with Crippen molar-refractivity contribution in [3.63, 3.8) is 0 Å². The van der Waals surface area contributed by atoms with Crippen molar-refractivity contribution in [2.75, 3.05) is 0 Å². The van der Waals surface area contributed by atoms with Crippen LogP contribution in [-0.2, 0) is 9.53 Å². The number of amides is 1. The minimum atomic E-state index is -0.737. The summed E-state index contributed by atoms with van der Waals surface area (Å²) in [5.74, 6) is 0.748. The van der Waals surface area contributed by atoms with E-state index >= 15 is 0 Å². The molecule has 25 heavy (non-hydrogen) atoms. The Hall–Kier alpha value is -2.33. The van der Waals surface area contributed by atoms with Crippen LogP contribution in [0.15, 0.2) is 54.6 Å². The molecule has 1 aliphatic carbocycles. The third-order valence-electron chi connectivity index (χ3n) is 5.06. The average molecular weight is 337 g/mol. The van der Waals surface area contributed by atoms with E-state index in [2.05, 4.69) is 5.32 Å². The van der Waals surface area contributed by atoms with Gasteiger partial charge >= 0.3 is 0 Å². The third-order valence-corrected chi connectivity index (χ3v) is 5.06. The summed E-state index contributed by atoms with van der Waals surface area (Å²) in [6.07, 6.45) is 3.00. The molecule has 3 unspecified atom stereocenters. The van der Waals surface area contributed by atoms with E-state index in [1.807, 2.05) is 61.5 Å². The molecule has 2 aliphatic rings. The van der Waals surface area contributed by atoms with Crippen LogP contribution in [0.1, 0.15) is 42.9 Å². The van der Waals surface area contributed by atoms with E-state index in [1.54, 1.807) is 0 Å². The summed E-state index contributed by atoms with van der Waals surface area (Å²) in [7, 11) is 0. The number of carbonyl (C=O) groups excluding carboxylic acids is 1. The maximum Gasteiger partial charge on any atom is 0.256 e. The quantitative estimate of drug-likeness (QED) is 0.924. The molecule has 3 atom stereocenters. The molecule has 0 aromatic heterocycles. The second-order valence-corrected chi connectivity index (χ2v) is 6.96. The molecular weight excluding hydrogens is 314 g/mol. The van der Waals surface area contributed by atoms with Gasteiger partial charge in [0.25, 0.3) is 5.91 Å². The number of rotatable bonds is 3. The summed E-state index contributed by atoms with van der Waals surface area (Å²) in [6, 6.07) is 17.7. The summed E-state index contributed by atoms with van der Waals surface area (Å²) >= 11 is 0. The van der Waals surface area contributed by atoms with Crippen molar-refractivity contribution in [3.05, 3.63) is 65.7 Å². The van der Waals surface area contributed by atoms with Crippen LogP contribution in [0.25, 0.3) is 0 Å². The van der Waals surface area contributed by atoms with Crippen molar-refractivity contribution in [2.24, 2.45) is 0 Å². The molecule has 4 nitrogen and oxygen atoms in total. The number of aryl methyl sites for hydroxylation is 1. The van der Waals surface area contributed by atoms with Gasteiger partial charge in [-0.15, -0.1) is 0 Å². The minimum Gasteiger partial charge on any atom is -0.485 e. The van der Waals surface area contributed by atoms with E-state index in [0.29, 0.717) is 0 Å². The van der Waals surface area contributed by atoms with Gasteiger partial charge in [-0.2, -0.15) is 0 Å². The first kappa shape index (κ1) is 16.2. The van der Waals surface area contributed by atoms with Gasteiger partial charge in [0, 0.05) is 0 Å². The van der Waals surface area contributed by atoms with Crippen LogP contribution in [-0.4, -0.2) is 17.7 Å². The molecule has 4 heteroatoms. The monoisotopic (exact) mass is 337 g/mol. The third kappa shape index (κ3) is 3.14. The molecule has 1 heterocycles. The molecule has 2 aromatic rings. The fraction of sp³-hybridized carbons (Fsp3) is 0.381. The highest BCUT2D eigenvalue weighted by Crippen LogP contribution is 2.41. The van der Waals surface area contributed by atoms with E-state index < -0.39 is 11.8 Å². The zero-order valence-corrected chi connectivity index (χ0v) is 14.4. The van der Waals surface area contributed by atoms with Crippen molar-refractivity contribution >= 4 is 5.91 Å². The first-order chi connectivity index (χ1) is 12.2. The van der Waals surface area contributed by atoms with Gasteiger partial charge in [-0.3, -0.25) is 4.79 Å². The normalized spacial score (nSPS) is 28.8. The van der Waals surface area contributed by atoms with E-state index in [4.69, 9.17) is 9.47 Å². The van der Waals surface area contributed by atoms with Gasteiger partial charge in [-0.05, 0) is 55.9 Å². The van der Waals surface area contributed by atoms with Gasteiger partial charge in [-0.25, -0.2) is 0 Å². The predicted molar refractivity (Wildman–Crippen MR) is 95.2 cm³/mol. The largest absolute Gasteiger partial charge is 0.485 e. The van der Waals surface area contributed by atoms with Gasteiger partial charge in [0.2, 0.25) is 0 Å². The second-order valence-electron chi connectivity index (χ2n) is 6.96. The zero-order valence-electron chi connectivity index (χ0n) is 14.4. The SMILES string of the molecule is Cc1cccc(OC2CCCCC23NC(=O)C(c2ccccc2)O3)c1. The Kier molecular flexibility index (Phi) is 4.22. The molecule has 2 aromatic carbocycles. The van der Waals surface area contributed by atoms with Gasteiger partial charge in [0.15, 0.2) is 11.8 Å². The first-order valence-electron chi connectivity index (χ1n) is 8.94. The Bertz CT molecular complexity index is 761. The smallest absolute Gasteiger partial charge is 0.256 e. The molecule has 1 amide bonds. The molecular formula is C21H23NO3. The van der Waals surface area contributed by atoms with Crippen LogP contribution in [0.5, 0.6) is 5.75 Å². The number of ether oxygens (including phenoxy) is 2. The number of hydrogen-bond acceptors (Lipinski definition) is 3. The molecule has 2 fully saturated rings. The Morgan fingerprint density at radius 3 is 2.76 bits per heavy atom. The Morgan fingerprint density at radius 1 is 1.12 bits per heavy atom. The summed E-state index contributed by atoms with van der Waals surface area (Å²) in [5.41, 5.74) is 1.30. The van der Waals surface area contributed by atoms with E-state index in [9.17, 15) is 4.79 Å². The van der Waals surface area contributed by atoms with Crippen LogP contribution in [0, 0.1) is 6.92 Å². The number of carbonyl (C=O) groups is 1. The molecule has 1 N–H and O–H groups in total. The summed E-state index contributed by atoms with van der Waals surface area (Å²) in [4.78, 5) is 12.6. The van der Waals surface area contributed by atoms with E-state index in [-0.39, 0.29) is 12.0 Å². The van der Waals surface area contributed by atoms with Gasteiger partial charge in [0.1, 0.15) is 11.9 Å². The standard InChI is InChI=1S/C21H23NO3/c1-15-8-7-11-17(14-15)24-18-12-5-6-13-21(18)22-20(23)19(25-21)16-9-3-2-4-10-16/h2-4,7-11,14,18-19H,5-6,12-13H2,1H3,(H,22,23). The van der Waals surface area contributed by atoms with Crippen LogP contribution in [0.2, 0.25) is 0 Å². The maximum absolute atomic E-state index is 12.6. The van der Waals surface area contributed by atoms with Crippen molar-refractivity contribution in [1.29, 1.82) is 0 Å². The van der Waals surface area contributed by atoms with E-state index in [1.165, 1.54) is 0 Å². The molecule has 1 aliphatic heterocycles. The lowest BCUT2D eigenvalue weighted by molar-refractivity contribution is -0.139. The lowest BCUT2D eigenvalue weighted by Crippen LogP contribution is -2.56. The lowest BCUT2D eigenvalue weighted by Gasteiger charge is -2.40. The van der Waals surface area contributed by atoms with Crippen LogP contribution < -0.4 is 10.1 Å². The molecule has 0 radical (unpaired) electrons. The second kappa shape index (κ2) is 6.52. The zero-order chi connectivity index (χ0) is 17.3. The predicted octanol–water partition coefficient (Wildman–Crippen LogP) is 3.90. The summed E-state index contributed by atoms with van der Waals surface area (Å²) in [5, 5.41) is 3.12. The minimum absolute atomic E-state index is 0.0778. The van der Waals surface area contributed by atoms with Crippen molar-refractivity contribution < 1.29 is 14.3 Å². The highest BCUT2D eigenvalue weighted by Gasteiger charge is 2.53. The van der Waals surface area contributed by atoms with Gasteiger partial charge in [-0.1, -0.05) is 42.5 Å². The van der Waals surface area contributed by atoms with Crippen LogP contribution in [0.3, 0.4) is 0 Å². The molecule has 4 rings (SSSR count). The number of benzene rings is 2. The Morgan fingerprint density at radius 2 is 1.96 bits per heavy atom. The summed E-state index contributed by atoms with van der Waals surface area (Å²) < 4.78 is 12.6. The fourth-order valence-corrected chi connectivity index (χ4v) is 3.81. The average Bonchev–Trinajstić information content (AvgIpc) is 2.95. The summed E-state index contributed by atoms with van der Waals surface area (Å²) in [6.45, 7) is 2.04. The molecule has 1 spiro atoms. The first-order valence-corrected chi connectivity index (χ1v) is 8.94. The van der Waals surface area contributed by atoms with Gasteiger partial charge in [0.05, 0.1) is 0 Å². The topological polar surface area (TPSA) is 47.6 Å². The van der Waals surface area contributed by atoms with Crippen molar-refractivity contribution in [1.82, 2.24) is 5.32 Å². The molecule has 1 saturated carbocycles. The van der Waals surface area contributed by atoms with Crippen LogP contribution >= 0.6 is 0 Å². The Labute approximate surface area is 148 Å². The van der Waals surface area contributed by atoms with E-state index in [0.717, 1.165) is 42.6 Å². The Balaban J connectivity index is 1.59. The van der Waals surface area contributed by atoms with Crippen molar-refractivity contribution in [2.45, 2.75) is 50.5 Å². The number of hydrogen-bond donors (Lipinski definition) is 1.